The number of nitrogens with one attached hydrogen (secondary N) is 1. The fourth-order valence-corrected chi connectivity index (χ4v) is 2.04. The lowest BCUT2D eigenvalue weighted by Crippen LogP contribution is -2.21. The summed E-state index contributed by atoms with van der Waals surface area (Å²) in [5.74, 6) is 0.925. The van der Waals surface area contributed by atoms with Crippen LogP contribution in [0, 0.1) is 19.8 Å². The van der Waals surface area contributed by atoms with Crippen molar-refractivity contribution >= 4 is 5.69 Å². The average Bonchev–Trinajstić information content (AvgIpc) is 2.07. The molecule has 0 spiro atoms. The van der Waals surface area contributed by atoms with Gasteiger partial charge >= 0.3 is 0 Å². The standard InChI is InChI=1S/C13H19N/c1-10-5-3-6-11(2)13(10)14-9-12-7-4-8-12/h3,5-6,12,14H,4,7-9H2,1-2H3. The van der Waals surface area contributed by atoms with Crippen molar-refractivity contribution in [2.75, 3.05) is 11.9 Å². The van der Waals surface area contributed by atoms with Gasteiger partial charge in [-0.25, -0.2) is 0 Å². The van der Waals surface area contributed by atoms with Crippen LogP contribution >= 0.6 is 0 Å². The van der Waals surface area contributed by atoms with Crippen molar-refractivity contribution in [3.05, 3.63) is 29.3 Å². The number of para-hydroxylation sites is 1. The van der Waals surface area contributed by atoms with E-state index in [9.17, 15) is 0 Å². The molecule has 1 N–H and O–H groups in total. The Hall–Kier alpha value is -0.980. The van der Waals surface area contributed by atoms with Crippen molar-refractivity contribution < 1.29 is 0 Å². The Morgan fingerprint density at radius 1 is 1.21 bits per heavy atom. The van der Waals surface area contributed by atoms with Gasteiger partial charge in [0.05, 0.1) is 0 Å². The molecule has 1 saturated carbocycles. The van der Waals surface area contributed by atoms with E-state index < -0.39 is 0 Å². The maximum Gasteiger partial charge on any atom is 0.0399 e. The molecule has 0 radical (unpaired) electrons. The Morgan fingerprint density at radius 3 is 2.36 bits per heavy atom. The lowest BCUT2D eigenvalue weighted by Gasteiger charge is -2.26. The van der Waals surface area contributed by atoms with E-state index in [0.29, 0.717) is 0 Å². The van der Waals surface area contributed by atoms with Crippen molar-refractivity contribution in [1.82, 2.24) is 0 Å². The third-order valence-electron chi connectivity index (χ3n) is 3.27. The van der Waals surface area contributed by atoms with Gasteiger partial charge in [-0.2, -0.15) is 0 Å². The minimum Gasteiger partial charge on any atom is -0.384 e. The summed E-state index contributed by atoms with van der Waals surface area (Å²) in [6.45, 7) is 5.51. The van der Waals surface area contributed by atoms with Gasteiger partial charge in [0.1, 0.15) is 0 Å². The monoisotopic (exact) mass is 189 g/mol. The third-order valence-corrected chi connectivity index (χ3v) is 3.27. The van der Waals surface area contributed by atoms with Crippen molar-refractivity contribution in [2.24, 2.45) is 5.92 Å². The Kier molecular flexibility index (Phi) is 2.76. The highest BCUT2D eigenvalue weighted by Gasteiger charge is 2.17. The molecule has 2 rings (SSSR count). The molecule has 1 fully saturated rings. The lowest BCUT2D eigenvalue weighted by molar-refractivity contribution is 0.333. The molecule has 0 heterocycles. The number of rotatable bonds is 3. The highest BCUT2D eigenvalue weighted by Crippen LogP contribution is 2.27. The molecule has 14 heavy (non-hydrogen) atoms. The van der Waals surface area contributed by atoms with E-state index in [0.717, 1.165) is 12.5 Å². The smallest absolute Gasteiger partial charge is 0.0399 e. The van der Waals surface area contributed by atoms with E-state index >= 15 is 0 Å². The van der Waals surface area contributed by atoms with Gasteiger partial charge in [0, 0.05) is 12.2 Å². The average molecular weight is 189 g/mol. The molecule has 1 aliphatic carbocycles. The Labute approximate surface area is 86.5 Å². The molecule has 0 amide bonds. The first-order valence-corrected chi connectivity index (χ1v) is 5.57. The molecule has 0 saturated heterocycles. The molecule has 0 aliphatic heterocycles. The van der Waals surface area contributed by atoms with Gasteiger partial charge in [-0.15, -0.1) is 0 Å². The predicted octanol–water partition coefficient (Wildman–Crippen LogP) is 3.52. The first-order chi connectivity index (χ1) is 6.77. The first-order valence-electron chi connectivity index (χ1n) is 5.57. The van der Waals surface area contributed by atoms with Crippen LogP contribution in [-0.2, 0) is 0 Å². The largest absolute Gasteiger partial charge is 0.384 e. The molecule has 0 bridgehead atoms. The van der Waals surface area contributed by atoms with Crippen LogP contribution in [0.15, 0.2) is 18.2 Å². The van der Waals surface area contributed by atoms with Crippen LogP contribution in [0.25, 0.3) is 0 Å². The highest BCUT2D eigenvalue weighted by molar-refractivity contribution is 5.56. The zero-order chi connectivity index (χ0) is 9.97. The Morgan fingerprint density at radius 2 is 1.86 bits per heavy atom. The molecule has 0 unspecified atom stereocenters. The van der Waals surface area contributed by atoms with Crippen molar-refractivity contribution in [1.29, 1.82) is 0 Å². The lowest BCUT2D eigenvalue weighted by atomic mass is 9.85. The molecule has 76 valence electrons. The topological polar surface area (TPSA) is 12.0 Å². The number of benzene rings is 1. The summed E-state index contributed by atoms with van der Waals surface area (Å²) >= 11 is 0. The summed E-state index contributed by atoms with van der Waals surface area (Å²) in [6.07, 6.45) is 4.26. The zero-order valence-corrected chi connectivity index (χ0v) is 9.14. The van der Waals surface area contributed by atoms with Gasteiger partial charge in [0.25, 0.3) is 0 Å². The van der Waals surface area contributed by atoms with Gasteiger partial charge in [0.15, 0.2) is 0 Å². The maximum absolute atomic E-state index is 3.58. The minimum absolute atomic E-state index is 0.925. The number of anilines is 1. The fraction of sp³-hybridized carbons (Fsp3) is 0.538. The van der Waals surface area contributed by atoms with Crippen LogP contribution in [-0.4, -0.2) is 6.54 Å². The molecule has 0 aromatic heterocycles. The molecule has 1 heteroatoms. The summed E-state index contributed by atoms with van der Waals surface area (Å²) in [5.41, 5.74) is 4.08. The minimum atomic E-state index is 0.925. The van der Waals surface area contributed by atoms with E-state index in [4.69, 9.17) is 0 Å². The van der Waals surface area contributed by atoms with E-state index in [1.54, 1.807) is 0 Å². The molecule has 1 aliphatic rings. The Balaban J connectivity index is 2.00. The van der Waals surface area contributed by atoms with Gasteiger partial charge in [-0.3, -0.25) is 0 Å². The first kappa shape index (κ1) is 9.57. The highest BCUT2D eigenvalue weighted by atomic mass is 14.9. The van der Waals surface area contributed by atoms with Gasteiger partial charge < -0.3 is 5.32 Å². The predicted molar refractivity (Wildman–Crippen MR) is 61.7 cm³/mol. The second-order valence-electron chi connectivity index (χ2n) is 4.44. The summed E-state index contributed by atoms with van der Waals surface area (Å²) < 4.78 is 0. The molecule has 1 aromatic carbocycles. The third kappa shape index (κ3) is 1.92. The van der Waals surface area contributed by atoms with Crippen LogP contribution in [0.2, 0.25) is 0 Å². The van der Waals surface area contributed by atoms with E-state index in [1.165, 1.54) is 36.1 Å². The normalized spacial score (nSPS) is 16.4. The van der Waals surface area contributed by atoms with Crippen LogP contribution < -0.4 is 5.32 Å². The van der Waals surface area contributed by atoms with E-state index in [-0.39, 0.29) is 0 Å². The SMILES string of the molecule is Cc1cccc(C)c1NCC1CCC1. The second-order valence-corrected chi connectivity index (χ2v) is 4.44. The van der Waals surface area contributed by atoms with Crippen molar-refractivity contribution in [3.63, 3.8) is 0 Å². The van der Waals surface area contributed by atoms with Gasteiger partial charge in [0.2, 0.25) is 0 Å². The number of hydrogen-bond donors (Lipinski definition) is 1. The summed E-state index contributed by atoms with van der Waals surface area (Å²) in [4.78, 5) is 0. The zero-order valence-electron chi connectivity index (χ0n) is 9.14. The number of hydrogen-bond acceptors (Lipinski definition) is 1. The molecular formula is C13H19N. The number of aryl methyl sites for hydroxylation is 2. The van der Waals surface area contributed by atoms with Gasteiger partial charge in [-0.1, -0.05) is 24.6 Å². The summed E-state index contributed by atoms with van der Waals surface area (Å²) in [6, 6.07) is 6.48. The van der Waals surface area contributed by atoms with E-state index in [1.807, 2.05) is 0 Å². The molecule has 1 nitrogen and oxygen atoms in total. The van der Waals surface area contributed by atoms with Crippen LogP contribution in [0.3, 0.4) is 0 Å². The van der Waals surface area contributed by atoms with Crippen LogP contribution in [0.5, 0.6) is 0 Å². The summed E-state index contributed by atoms with van der Waals surface area (Å²) in [5, 5.41) is 3.58. The summed E-state index contributed by atoms with van der Waals surface area (Å²) in [7, 11) is 0. The van der Waals surface area contributed by atoms with Crippen LogP contribution in [0.1, 0.15) is 30.4 Å². The maximum atomic E-state index is 3.58. The van der Waals surface area contributed by atoms with Crippen molar-refractivity contribution in [2.45, 2.75) is 33.1 Å². The quantitative estimate of drug-likeness (QED) is 0.767. The fourth-order valence-electron chi connectivity index (χ4n) is 2.04. The second kappa shape index (κ2) is 4.04. The molecular weight excluding hydrogens is 170 g/mol. The van der Waals surface area contributed by atoms with Crippen LogP contribution in [0.4, 0.5) is 5.69 Å². The van der Waals surface area contributed by atoms with Gasteiger partial charge in [-0.05, 0) is 43.7 Å². The molecule has 0 atom stereocenters. The Bertz CT molecular complexity index is 293. The van der Waals surface area contributed by atoms with E-state index in [2.05, 4.69) is 37.4 Å². The molecule has 1 aromatic rings. The van der Waals surface area contributed by atoms with Crippen molar-refractivity contribution in [3.8, 4) is 0 Å².